The van der Waals surface area contributed by atoms with Gasteiger partial charge in [0.2, 0.25) is 0 Å². The predicted molar refractivity (Wildman–Crippen MR) is 104 cm³/mol. The lowest BCUT2D eigenvalue weighted by atomic mass is 10.2. The molecule has 0 aliphatic rings. The van der Waals surface area contributed by atoms with Crippen LogP contribution >= 0.6 is 0 Å². The Bertz CT molecular complexity index is 817. The van der Waals surface area contributed by atoms with E-state index in [1.54, 1.807) is 6.21 Å². The summed E-state index contributed by atoms with van der Waals surface area (Å²) in [5.74, 6) is -1.17. The molecule has 0 atom stereocenters. The van der Waals surface area contributed by atoms with Gasteiger partial charge in [-0.15, -0.1) is 0 Å². The molecule has 0 bridgehead atoms. The molecule has 6 nitrogen and oxygen atoms in total. The van der Waals surface area contributed by atoms with E-state index in [4.69, 9.17) is 0 Å². The van der Waals surface area contributed by atoms with E-state index in [1.165, 1.54) is 5.56 Å². The van der Waals surface area contributed by atoms with E-state index >= 15 is 0 Å². The van der Waals surface area contributed by atoms with Crippen LogP contribution in [-0.2, 0) is 9.59 Å². The number of hydrazone groups is 1. The lowest BCUT2D eigenvalue weighted by Crippen LogP contribution is -2.39. The number of carbonyl (C=O) groups excluding carboxylic acids is 2. The van der Waals surface area contributed by atoms with Crippen molar-refractivity contribution < 1.29 is 9.59 Å². The minimum absolute atomic E-state index is 0.280. The predicted octanol–water partition coefficient (Wildman–Crippen LogP) is 2.62. The van der Waals surface area contributed by atoms with Gasteiger partial charge in [-0.25, -0.2) is 5.43 Å². The molecule has 138 valence electrons. The van der Waals surface area contributed by atoms with Gasteiger partial charge < -0.3 is 9.88 Å². The quantitative estimate of drug-likeness (QED) is 0.492. The highest BCUT2D eigenvalue weighted by atomic mass is 16.2. The normalized spacial score (nSPS) is 11.2. The second-order valence-corrected chi connectivity index (χ2v) is 6.80. The number of rotatable bonds is 5. The molecule has 0 saturated heterocycles. The molecule has 0 saturated carbocycles. The van der Waals surface area contributed by atoms with Crippen molar-refractivity contribution in [3.63, 3.8) is 0 Å². The molecule has 0 aliphatic heterocycles. The van der Waals surface area contributed by atoms with Crippen molar-refractivity contribution >= 4 is 18.0 Å². The Hall–Kier alpha value is -2.89. The third kappa shape index (κ3) is 4.81. The molecule has 0 fully saturated rings. The molecule has 26 heavy (non-hydrogen) atoms. The first-order chi connectivity index (χ1) is 12.3. The van der Waals surface area contributed by atoms with Crippen molar-refractivity contribution in [3.05, 3.63) is 52.8 Å². The molecule has 0 aliphatic carbocycles. The van der Waals surface area contributed by atoms with Crippen molar-refractivity contribution in [3.8, 4) is 5.69 Å². The van der Waals surface area contributed by atoms with Gasteiger partial charge in [-0.2, -0.15) is 5.10 Å². The summed E-state index contributed by atoms with van der Waals surface area (Å²) in [5, 5.41) is 6.47. The van der Waals surface area contributed by atoms with Gasteiger partial charge in [-0.3, -0.25) is 9.59 Å². The monoisotopic (exact) mass is 354 g/mol. The fraction of sp³-hybridized carbons (Fsp3) is 0.350. The molecule has 1 heterocycles. The van der Waals surface area contributed by atoms with Crippen LogP contribution < -0.4 is 10.7 Å². The summed E-state index contributed by atoms with van der Waals surface area (Å²) >= 11 is 0. The van der Waals surface area contributed by atoms with E-state index in [0.29, 0.717) is 6.54 Å². The van der Waals surface area contributed by atoms with Crippen molar-refractivity contribution in [2.24, 2.45) is 11.0 Å². The van der Waals surface area contributed by atoms with Crippen LogP contribution in [0.3, 0.4) is 0 Å². The Balaban J connectivity index is 2.07. The largest absolute Gasteiger partial charge is 0.348 e. The summed E-state index contributed by atoms with van der Waals surface area (Å²) in [6.07, 6.45) is 1.56. The van der Waals surface area contributed by atoms with Crippen LogP contribution in [0.2, 0.25) is 0 Å². The first-order valence-electron chi connectivity index (χ1n) is 8.66. The Morgan fingerprint density at radius 3 is 2.38 bits per heavy atom. The summed E-state index contributed by atoms with van der Waals surface area (Å²) < 4.78 is 2.12. The summed E-state index contributed by atoms with van der Waals surface area (Å²) in [7, 11) is 0. The number of nitrogens with zero attached hydrogens (tertiary/aromatic N) is 2. The third-order valence-electron chi connectivity index (χ3n) is 4.01. The summed E-state index contributed by atoms with van der Waals surface area (Å²) in [5.41, 5.74) is 7.50. The molecule has 2 aromatic rings. The van der Waals surface area contributed by atoms with Crippen molar-refractivity contribution in [2.75, 3.05) is 6.54 Å². The number of aryl methyl sites for hydroxylation is 2. The fourth-order valence-electron chi connectivity index (χ4n) is 2.60. The van der Waals surface area contributed by atoms with Crippen LogP contribution in [-0.4, -0.2) is 29.1 Å². The fourth-order valence-corrected chi connectivity index (χ4v) is 2.60. The zero-order valence-electron chi connectivity index (χ0n) is 16.0. The number of hydrogen-bond acceptors (Lipinski definition) is 3. The molecule has 0 unspecified atom stereocenters. The molecule has 6 heteroatoms. The van der Waals surface area contributed by atoms with E-state index in [-0.39, 0.29) is 5.92 Å². The average molecular weight is 354 g/mol. The second-order valence-electron chi connectivity index (χ2n) is 6.80. The summed E-state index contributed by atoms with van der Waals surface area (Å²) in [6, 6.07) is 10.3. The lowest BCUT2D eigenvalue weighted by molar-refractivity contribution is -0.139. The molecule has 0 radical (unpaired) electrons. The molecular formula is C20H26N4O2. The molecule has 2 N–H and O–H groups in total. The first kappa shape index (κ1) is 19.4. The van der Waals surface area contributed by atoms with Crippen LogP contribution in [0.4, 0.5) is 0 Å². The van der Waals surface area contributed by atoms with E-state index in [0.717, 1.165) is 22.6 Å². The minimum atomic E-state index is -0.769. The van der Waals surface area contributed by atoms with E-state index < -0.39 is 11.8 Å². The Labute approximate surface area is 154 Å². The van der Waals surface area contributed by atoms with Crippen LogP contribution in [0.5, 0.6) is 0 Å². The topological polar surface area (TPSA) is 75.5 Å². The molecule has 2 amide bonds. The van der Waals surface area contributed by atoms with E-state index in [2.05, 4.69) is 51.6 Å². The molecule has 1 aromatic carbocycles. The van der Waals surface area contributed by atoms with E-state index in [1.807, 2.05) is 33.8 Å². The maximum absolute atomic E-state index is 11.7. The van der Waals surface area contributed by atoms with Crippen LogP contribution in [0.1, 0.15) is 36.4 Å². The molecule has 2 rings (SSSR count). The highest BCUT2D eigenvalue weighted by Crippen LogP contribution is 2.20. The van der Waals surface area contributed by atoms with Gasteiger partial charge in [-0.1, -0.05) is 31.5 Å². The number of nitrogens with one attached hydrogen (secondary N) is 2. The third-order valence-corrected chi connectivity index (χ3v) is 4.01. The zero-order valence-corrected chi connectivity index (χ0v) is 16.0. The average Bonchev–Trinajstić information content (AvgIpc) is 2.87. The SMILES string of the molecule is Cc1ccc(-n2c(C)cc(/C=N\NC(=O)C(=O)NCC(C)C)c2C)cc1. The maximum atomic E-state index is 11.7. The Morgan fingerprint density at radius 2 is 1.77 bits per heavy atom. The second kappa shape index (κ2) is 8.47. The molecule has 0 spiro atoms. The van der Waals surface area contributed by atoms with Crippen molar-refractivity contribution in [1.29, 1.82) is 0 Å². The number of amides is 2. The molecule has 1 aromatic heterocycles. The minimum Gasteiger partial charge on any atom is -0.348 e. The summed E-state index contributed by atoms with van der Waals surface area (Å²) in [4.78, 5) is 23.3. The van der Waals surface area contributed by atoms with Gasteiger partial charge in [-0.05, 0) is 44.9 Å². The van der Waals surface area contributed by atoms with Gasteiger partial charge in [0.05, 0.1) is 6.21 Å². The zero-order chi connectivity index (χ0) is 19.3. The first-order valence-corrected chi connectivity index (χ1v) is 8.66. The standard InChI is InChI=1S/C20H26N4O2/c1-13(2)11-21-19(25)20(26)23-22-12-17-10-15(4)24(16(17)5)18-8-6-14(3)7-9-18/h6-10,12-13H,11H2,1-5H3,(H,21,25)(H,23,26)/b22-12-. The highest BCUT2D eigenvalue weighted by Gasteiger charge is 2.13. The van der Waals surface area contributed by atoms with E-state index in [9.17, 15) is 9.59 Å². The Kier molecular flexibility index (Phi) is 6.33. The van der Waals surface area contributed by atoms with Crippen LogP contribution in [0, 0.1) is 26.7 Å². The van der Waals surface area contributed by atoms with Crippen molar-refractivity contribution in [2.45, 2.75) is 34.6 Å². The van der Waals surface area contributed by atoms with Gasteiger partial charge in [0, 0.05) is 29.2 Å². The van der Waals surface area contributed by atoms with Crippen LogP contribution in [0.25, 0.3) is 5.69 Å². The van der Waals surface area contributed by atoms with Gasteiger partial charge in [0.1, 0.15) is 0 Å². The van der Waals surface area contributed by atoms with Gasteiger partial charge in [0.15, 0.2) is 0 Å². The van der Waals surface area contributed by atoms with Gasteiger partial charge in [0.25, 0.3) is 0 Å². The number of aromatic nitrogens is 1. The number of carbonyl (C=O) groups is 2. The van der Waals surface area contributed by atoms with Crippen molar-refractivity contribution in [1.82, 2.24) is 15.3 Å². The number of hydrogen-bond donors (Lipinski definition) is 2. The smallest absolute Gasteiger partial charge is 0.329 e. The molecular weight excluding hydrogens is 328 g/mol. The van der Waals surface area contributed by atoms with Gasteiger partial charge >= 0.3 is 11.8 Å². The highest BCUT2D eigenvalue weighted by molar-refractivity contribution is 6.35. The lowest BCUT2D eigenvalue weighted by Gasteiger charge is -2.09. The summed E-state index contributed by atoms with van der Waals surface area (Å²) in [6.45, 7) is 10.4. The Morgan fingerprint density at radius 1 is 1.12 bits per heavy atom. The van der Waals surface area contributed by atoms with Crippen LogP contribution in [0.15, 0.2) is 35.4 Å². The number of benzene rings is 1. The maximum Gasteiger partial charge on any atom is 0.329 e.